The van der Waals surface area contributed by atoms with E-state index in [1.807, 2.05) is 43.8 Å². The summed E-state index contributed by atoms with van der Waals surface area (Å²) in [5, 5.41) is 5.46. The number of imide groups is 1. The van der Waals surface area contributed by atoms with Crippen LogP contribution in [0.1, 0.15) is 43.6 Å². The van der Waals surface area contributed by atoms with Crippen molar-refractivity contribution >= 4 is 45.0 Å². The predicted molar refractivity (Wildman–Crippen MR) is 144 cm³/mol. The third kappa shape index (κ3) is 3.45. The van der Waals surface area contributed by atoms with Gasteiger partial charge in [0.1, 0.15) is 16.9 Å². The van der Waals surface area contributed by atoms with Gasteiger partial charge in [-0.05, 0) is 55.4 Å². The number of nitrogens with zero attached hydrogens (tertiary/aromatic N) is 4. The van der Waals surface area contributed by atoms with Crippen LogP contribution in [-0.2, 0) is 23.2 Å². The molecule has 9 heteroatoms. The first-order chi connectivity index (χ1) is 17.6. The highest BCUT2D eigenvalue weighted by Gasteiger charge is 2.72. The first-order valence-corrected chi connectivity index (χ1v) is 14.3. The van der Waals surface area contributed by atoms with Crippen molar-refractivity contribution in [2.75, 3.05) is 19.6 Å². The van der Waals surface area contributed by atoms with Gasteiger partial charge in [0.05, 0.1) is 28.8 Å². The van der Waals surface area contributed by atoms with Crippen molar-refractivity contribution in [1.82, 2.24) is 19.6 Å². The monoisotopic (exact) mass is 538 g/mol. The number of halogens is 1. The maximum atomic E-state index is 12.9. The fourth-order valence-electron chi connectivity index (χ4n) is 6.93. The SMILES string of the molecule is Cc1cc(Cl)cc(-c2c3sc(CN4C(=O)C5C(C4=O)C5(C)C)cc3nn2C)c1OC12CCN(CC1)CC2. The lowest BCUT2D eigenvalue weighted by molar-refractivity contribution is -0.143. The van der Waals surface area contributed by atoms with Gasteiger partial charge in [-0.1, -0.05) is 25.4 Å². The summed E-state index contributed by atoms with van der Waals surface area (Å²) in [5.41, 5.74) is 3.45. The van der Waals surface area contributed by atoms with Crippen LogP contribution in [0, 0.1) is 24.2 Å². The molecule has 1 saturated carbocycles. The van der Waals surface area contributed by atoms with Crippen molar-refractivity contribution in [3.05, 3.63) is 33.7 Å². The van der Waals surface area contributed by atoms with E-state index in [9.17, 15) is 9.59 Å². The molecule has 7 nitrogen and oxygen atoms in total. The largest absolute Gasteiger partial charge is 0.486 e. The minimum absolute atomic E-state index is 0.0363. The van der Waals surface area contributed by atoms with E-state index in [4.69, 9.17) is 21.4 Å². The number of aryl methyl sites for hydroxylation is 2. The Bertz CT molecular complexity index is 1440. The van der Waals surface area contributed by atoms with Crippen molar-refractivity contribution in [3.8, 4) is 17.0 Å². The maximum absolute atomic E-state index is 12.9. The zero-order valence-electron chi connectivity index (χ0n) is 21.6. The minimum Gasteiger partial charge on any atom is -0.486 e. The number of amides is 2. The maximum Gasteiger partial charge on any atom is 0.234 e. The van der Waals surface area contributed by atoms with Gasteiger partial charge in [0.25, 0.3) is 0 Å². The standard InChI is InChI=1S/C28H31ClN4O3S/c1-15-11-16(29)12-18(23(15)36-28-5-8-32(9-6-28)10-7-28)22-24-19(30-31(22)4)13-17(37-24)14-33-25(34)20-21(26(33)35)27(20,2)3/h11-13,20-21H,5-10,14H2,1-4H3. The van der Waals surface area contributed by atoms with E-state index in [1.165, 1.54) is 4.90 Å². The molecule has 2 atom stereocenters. The summed E-state index contributed by atoms with van der Waals surface area (Å²) < 4.78 is 9.85. The van der Waals surface area contributed by atoms with Crippen LogP contribution in [0.4, 0.5) is 0 Å². The second-order valence-electron chi connectivity index (χ2n) is 11.9. The zero-order chi connectivity index (χ0) is 25.9. The molecule has 0 radical (unpaired) electrons. The van der Waals surface area contributed by atoms with Gasteiger partial charge in [-0.15, -0.1) is 11.3 Å². The summed E-state index contributed by atoms with van der Waals surface area (Å²) in [6.45, 7) is 9.63. The Morgan fingerprint density at radius 3 is 2.38 bits per heavy atom. The first kappa shape index (κ1) is 23.7. The number of hydrogen-bond acceptors (Lipinski definition) is 6. The molecule has 194 valence electrons. The molecule has 2 aromatic heterocycles. The van der Waals surface area contributed by atoms with E-state index >= 15 is 0 Å². The summed E-state index contributed by atoms with van der Waals surface area (Å²) in [5.74, 6) is 0.484. The van der Waals surface area contributed by atoms with Gasteiger partial charge < -0.3 is 9.64 Å². The molecule has 6 heterocycles. The Morgan fingerprint density at radius 2 is 1.73 bits per heavy atom. The molecule has 2 unspecified atom stereocenters. The van der Waals surface area contributed by atoms with Crippen LogP contribution in [0.15, 0.2) is 18.2 Å². The number of rotatable bonds is 5. The highest BCUT2D eigenvalue weighted by Crippen LogP contribution is 2.63. The molecule has 1 aromatic carbocycles. The Morgan fingerprint density at radius 1 is 1.08 bits per heavy atom. The number of carbonyl (C=O) groups is 2. The van der Waals surface area contributed by atoms with Gasteiger partial charge in [0.2, 0.25) is 11.8 Å². The molecule has 4 saturated heterocycles. The fourth-order valence-corrected chi connectivity index (χ4v) is 8.37. The average Bonchev–Trinajstić information content (AvgIpc) is 3.08. The predicted octanol–water partition coefficient (Wildman–Crippen LogP) is 5.02. The van der Waals surface area contributed by atoms with Gasteiger partial charge in [-0.3, -0.25) is 19.2 Å². The lowest BCUT2D eigenvalue weighted by atomic mass is 9.83. The molecule has 37 heavy (non-hydrogen) atoms. The number of piperidine rings is 4. The molecular weight excluding hydrogens is 508 g/mol. The number of ether oxygens (including phenoxy) is 1. The summed E-state index contributed by atoms with van der Waals surface area (Å²) in [7, 11) is 1.95. The molecule has 5 aliphatic rings. The van der Waals surface area contributed by atoms with Gasteiger partial charge in [0.15, 0.2) is 0 Å². The highest BCUT2D eigenvalue weighted by molar-refractivity contribution is 7.19. The second kappa shape index (κ2) is 7.80. The lowest BCUT2D eigenvalue weighted by Gasteiger charge is -2.48. The molecule has 1 aliphatic carbocycles. The van der Waals surface area contributed by atoms with E-state index in [-0.39, 0.29) is 34.7 Å². The summed E-state index contributed by atoms with van der Waals surface area (Å²) in [6.07, 6.45) is 3.11. The minimum atomic E-state index is -0.198. The molecule has 5 fully saturated rings. The number of benzene rings is 1. The normalized spacial score (nSPS) is 29.9. The summed E-state index contributed by atoms with van der Waals surface area (Å²) in [4.78, 5) is 30.7. The van der Waals surface area contributed by atoms with Gasteiger partial charge >= 0.3 is 0 Å². The van der Waals surface area contributed by atoms with Crippen molar-refractivity contribution in [1.29, 1.82) is 0 Å². The van der Waals surface area contributed by atoms with E-state index in [2.05, 4.69) is 11.8 Å². The third-order valence-electron chi connectivity index (χ3n) is 9.23. The zero-order valence-corrected chi connectivity index (χ0v) is 23.2. The van der Waals surface area contributed by atoms with E-state index in [1.54, 1.807) is 11.3 Å². The first-order valence-electron chi connectivity index (χ1n) is 13.1. The molecular formula is C28H31ClN4O3S. The van der Waals surface area contributed by atoms with Crippen molar-refractivity contribution < 1.29 is 14.3 Å². The number of hydrogen-bond donors (Lipinski definition) is 0. The van der Waals surface area contributed by atoms with Crippen molar-refractivity contribution in [3.63, 3.8) is 0 Å². The number of carbonyl (C=O) groups excluding carboxylic acids is 2. The topological polar surface area (TPSA) is 67.7 Å². The Kier molecular flexibility index (Phi) is 4.99. The third-order valence-corrected chi connectivity index (χ3v) is 10.6. The Balaban J connectivity index is 1.25. The lowest BCUT2D eigenvalue weighted by Crippen LogP contribution is -2.55. The van der Waals surface area contributed by atoms with Crippen molar-refractivity contribution in [2.24, 2.45) is 24.3 Å². The van der Waals surface area contributed by atoms with Gasteiger partial charge in [-0.25, -0.2) is 0 Å². The molecule has 3 aromatic rings. The van der Waals surface area contributed by atoms with Crippen LogP contribution in [0.5, 0.6) is 5.75 Å². The molecule has 4 aliphatic heterocycles. The second-order valence-corrected chi connectivity index (χ2v) is 13.5. The smallest absolute Gasteiger partial charge is 0.234 e. The van der Waals surface area contributed by atoms with Gasteiger partial charge in [-0.2, -0.15) is 5.10 Å². The summed E-state index contributed by atoms with van der Waals surface area (Å²) >= 11 is 8.17. The van der Waals surface area contributed by atoms with Crippen LogP contribution in [-0.4, -0.2) is 56.6 Å². The average molecular weight is 539 g/mol. The molecule has 0 N–H and O–H groups in total. The Hall–Kier alpha value is -2.42. The molecule has 2 bridgehead atoms. The van der Waals surface area contributed by atoms with Crippen LogP contribution >= 0.6 is 22.9 Å². The van der Waals surface area contributed by atoms with Crippen LogP contribution < -0.4 is 4.74 Å². The van der Waals surface area contributed by atoms with E-state index in [0.29, 0.717) is 11.6 Å². The van der Waals surface area contributed by atoms with Gasteiger partial charge in [0, 0.05) is 42.1 Å². The number of fused-ring (bicyclic) bond motifs is 5. The molecule has 8 rings (SSSR count). The fraction of sp³-hybridized carbons (Fsp3) is 0.536. The number of aromatic nitrogens is 2. The molecule has 0 spiro atoms. The summed E-state index contributed by atoms with van der Waals surface area (Å²) in [6, 6.07) is 5.96. The van der Waals surface area contributed by atoms with E-state index in [0.717, 1.165) is 76.6 Å². The van der Waals surface area contributed by atoms with E-state index < -0.39 is 0 Å². The van der Waals surface area contributed by atoms with Crippen LogP contribution in [0.3, 0.4) is 0 Å². The molecule has 2 amide bonds. The highest BCUT2D eigenvalue weighted by atomic mass is 35.5. The number of thiophene rings is 1. The Labute approximate surface area is 225 Å². The van der Waals surface area contributed by atoms with Crippen LogP contribution in [0.25, 0.3) is 21.5 Å². The number of likely N-dealkylation sites (tertiary alicyclic amines) is 1. The van der Waals surface area contributed by atoms with Crippen LogP contribution in [0.2, 0.25) is 5.02 Å². The van der Waals surface area contributed by atoms with Crippen molar-refractivity contribution in [2.45, 2.75) is 52.2 Å². The quantitative estimate of drug-likeness (QED) is 0.427.